The molecule has 1 aliphatic heterocycles. The van der Waals surface area contributed by atoms with E-state index in [1.165, 1.54) is 12.5 Å². The fraction of sp³-hybridized carbons (Fsp3) is 0.667. The second-order valence-corrected chi connectivity index (χ2v) is 4.63. The van der Waals surface area contributed by atoms with E-state index in [1.807, 2.05) is 0 Å². The smallest absolute Gasteiger partial charge is 0.404 e. The summed E-state index contributed by atoms with van der Waals surface area (Å²) in [7, 11) is 0. The summed E-state index contributed by atoms with van der Waals surface area (Å²) in [5, 5.41) is 19.6. The van der Waals surface area contributed by atoms with Crippen LogP contribution in [0.15, 0.2) is 16.5 Å². The lowest BCUT2D eigenvalue weighted by Gasteiger charge is -2.34. The Morgan fingerprint density at radius 3 is 3.00 bits per heavy atom. The molecule has 1 atom stereocenters. The summed E-state index contributed by atoms with van der Waals surface area (Å²) < 4.78 is 5.17. The molecule has 1 N–H and O–H groups in total. The van der Waals surface area contributed by atoms with E-state index in [0.29, 0.717) is 18.3 Å². The molecular weight excluding hydrogens is 236 g/mol. The van der Waals surface area contributed by atoms with Crippen LogP contribution < -0.4 is 0 Å². The van der Waals surface area contributed by atoms with Gasteiger partial charge in [-0.05, 0) is 31.9 Å². The normalized spacial score (nSPS) is 21.1. The first-order valence-electron chi connectivity index (χ1n) is 6.28. The number of likely N-dealkylation sites (tertiary alicyclic amines) is 1. The fourth-order valence-electron chi connectivity index (χ4n) is 2.49. The van der Waals surface area contributed by atoms with Gasteiger partial charge in [0.1, 0.15) is 10.7 Å². The van der Waals surface area contributed by atoms with Gasteiger partial charge in [0.05, 0.1) is 12.6 Å². The minimum absolute atomic E-state index is 0.180. The fourth-order valence-corrected chi connectivity index (χ4v) is 2.49. The molecule has 1 saturated heterocycles. The number of aliphatic hydroxyl groups is 1. The van der Waals surface area contributed by atoms with Gasteiger partial charge in [-0.3, -0.25) is 15.0 Å². The predicted octanol–water partition coefficient (Wildman–Crippen LogP) is 1.92. The zero-order valence-electron chi connectivity index (χ0n) is 10.2. The van der Waals surface area contributed by atoms with E-state index in [0.717, 1.165) is 25.8 Å². The van der Waals surface area contributed by atoms with Gasteiger partial charge < -0.3 is 9.52 Å². The third-order valence-corrected chi connectivity index (χ3v) is 3.40. The van der Waals surface area contributed by atoms with Gasteiger partial charge in [0.25, 0.3) is 0 Å². The molecule has 1 aliphatic rings. The summed E-state index contributed by atoms with van der Waals surface area (Å²) in [4.78, 5) is 12.3. The van der Waals surface area contributed by atoms with Gasteiger partial charge in [0, 0.05) is 12.6 Å². The summed E-state index contributed by atoms with van der Waals surface area (Å²) >= 11 is 0. The van der Waals surface area contributed by atoms with Crippen molar-refractivity contribution < 1.29 is 14.4 Å². The van der Waals surface area contributed by atoms with Crippen molar-refractivity contribution in [3.8, 4) is 0 Å². The molecule has 0 spiro atoms. The molecule has 2 heterocycles. The van der Waals surface area contributed by atoms with Crippen molar-refractivity contribution in [1.82, 2.24) is 4.90 Å². The van der Waals surface area contributed by atoms with Gasteiger partial charge in [0.2, 0.25) is 0 Å². The van der Waals surface area contributed by atoms with Crippen molar-refractivity contribution in [3.05, 3.63) is 28.0 Å². The Morgan fingerprint density at radius 2 is 2.33 bits per heavy atom. The minimum atomic E-state index is -0.523. The molecule has 0 radical (unpaired) electrons. The first kappa shape index (κ1) is 13.0. The number of rotatable bonds is 5. The van der Waals surface area contributed by atoms with Crippen LogP contribution in [0.5, 0.6) is 0 Å². The van der Waals surface area contributed by atoms with Crippen molar-refractivity contribution in [2.45, 2.75) is 38.3 Å². The van der Waals surface area contributed by atoms with Crippen LogP contribution in [0.25, 0.3) is 0 Å². The van der Waals surface area contributed by atoms with E-state index < -0.39 is 4.92 Å². The van der Waals surface area contributed by atoms with E-state index in [2.05, 4.69) is 4.90 Å². The van der Waals surface area contributed by atoms with Gasteiger partial charge >= 0.3 is 5.88 Å². The van der Waals surface area contributed by atoms with Gasteiger partial charge in [-0.25, -0.2) is 0 Å². The highest BCUT2D eigenvalue weighted by atomic mass is 16.6. The number of furan rings is 1. The van der Waals surface area contributed by atoms with Gasteiger partial charge in [0.15, 0.2) is 0 Å². The van der Waals surface area contributed by atoms with E-state index in [1.54, 1.807) is 6.07 Å². The minimum Gasteiger partial charge on any atom is -0.404 e. The molecule has 0 amide bonds. The SMILES string of the molecule is O=[N+]([O-])c1ccc(CN2CCCCC2CCO)o1. The highest BCUT2D eigenvalue weighted by Gasteiger charge is 2.23. The lowest BCUT2D eigenvalue weighted by atomic mass is 9.99. The maximum Gasteiger partial charge on any atom is 0.433 e. The van der Waals surface area contributed by atoms with Gasteiger partial charge in [-0.2, -0.15) is 0 Å². The van der Waals surface area contributed by atoms with Gasteiger partial charge in [-0.15, -0.1) is 0 Å². The second kappa shape index (κ2) is 5.97. The summed E-state index contributed by atoms with van der Waals surface area (Å²) in [6.45, 7) is 1.72. The maximum atomic E-state index is 10.5. The molecule has 0 bridgehead atoms. The van der Waals surface area contributed by atoms with Crippen LogP contribution in [-0.2, 0) is 6.54 Å². The lowest BCUT2D eigenvalue weighted by molar-refractivity contribution is -0.402. The third kappa shape index (κ3) is 3.08. The molecule has 6 heteroatoms. The molecule has 1 fully saturated rings. The molecule has 1 aromatic rings. The van der Waals surface area contributed by atoms with Crippen molar-refractivity contribution >= 4 is 5.88 Å². The van der Waals surface area contributed by atoms with E-state index in [4.69, 9.17) is 9.52 Å². The Kier molecular flexibility index (Phi) is 4.33. The average Bonchev–Trinajstić information content (AvgIpc) is 2.81. The molecule has 0 saturated carbocycles. The van der Waals surface area contributed by atoms with Crippen LogP contribution in [0.3, 0.4) is 0 Å². The Labute approximate surface area is 105 Å². The molecule has 0 aliphatic carbocycles. The van der Waals surface area contributed by atoms with E-state index in [9.17, 15) is 10.1 Å². The van der Waals surface area contributed by atoms with Crippen molar-refractivity contribution in [1.29, 1.82) is 0 Å². The largest absolute Gasteiger partial charge is 0.433 e. The maximum absolute atomic E-state index is 10.5. The van der Waals surface area contributed by atoms with E-state index in [-0.39, 0.29) is 12.5 Å². The molecule has 2 rings (SSSR count). The Hall–Kier alpha value is -1.40. The Morgan fingerprint density at radius 1 is 1.50 bits per heavy atom. The first-order chi connectivity index (χ1) is 8.70. The van der Waals surface area contributed by atoms with Crippen molar-refractivity contribution in [2.24, 2.45) is 0 Å². The lowest BCUT2D eigenvalue weighted by Crippen LogP contribution is -2.39. The van der Waals surface area contributed by atoms with Crippen molar-refractivity contribution in [2.75, 3.05) is 13.2 Å². The number of aliphatic hydroxyl groups excluding tert-OH is 1. The zero-order valence-corrected chi connectivity index (χ0v) is 10.2. The van der Waals surface area contributed by atoms with Crippen LogP contribution in [0.4, 0.5) is 5.88 Å². The van der Waals surface area contributed by atoms with Crippen LogP contribution in [0, 0.1) is 10.1 Å². The first-order valence-corrected chi connectivity index (χ1v) is 6.28. The summed E-state index contributed by atoms with van der Waals surface area (Å²) in [6.07, 6.45) is 4.14. The highest BCUT2D eigenvalue weighted by molar-refractivity contribution is 5.17. The van der Waals surface area contributed by atoms with E-state index >= 15 is 0 Å². The molecule has 1 aromatic heterocycles. The standard InChI is InChI=1S/C12H18N2O4/c15-8-6-10-3-1-2-7-13(10)9-11-4-5-12(18-11)14(16)17/h4-5,10,15H,1-3,6-9H2. The molecule has 0 aromatic carbocycles. The van der Waals surface area contributed by atoms with Crippen molar-refractivity contribution in [3.63, 3.8) is 0 Å². The Balaban J connectivity index is 1.99. The summed E-state index contributed by atoms with van der Waals surface area (Å²) in [5.41, 5.74) is 0. The number of nitrogens with zero attached hydrogens (tertiary/aromatic N) is 2. The monoisotopic (exact) mass is 254 g/mol. The predicted molar refractivity (Wildman–Crippen MR) is 65.1 cm³/mol. The molecule has 6 nitrogen and oxygen atoms in total. The van der Waals surface area contributed by atoms with Crippen LogP contribution >= 0.6 is 0 Å². The van der Waals surface area contributed by atoms with Crippen LogP contribution in [0.2, 0.25) is 0 Å². The number of hydrogen-bond acceptors (Lipinski definition) is 5. The molecule has 1 unspecified atom stereocenters. The van der Waals surface area contributed by atoms with Gasteiger partial charge in [-0.1, -0.05) is 6.42 Å². The molecule has 18 heavy (non-hydrogen) atoms. The van der Waals surface area contributed by atoms with Crippen LogP contribution in [0.1, 0.15) is 31.4 Å². The summed E-state index contributed by atoms with van der Waals surface area (Å²) in [5.74, 6) is 0.409. The summed E-state index contributed by atoms with van der Waals surface area (Å²) in [6, 6.07) is 3.40. The molecular formula is C12H18N2O4. The zero-order chi connectivity index (χ0) is 13.0. The number of piperidine rings is 1. The second-order valence-electron chi connectivity index (χ2n) is 4.63. The highest BCUT2D eigenvalue weighted by Crippen LogP contribution is 2.24. The number of hydrogen-bond donors (Lipinski definition) is 1. The third-order valence-electron chi connectivity index (χ3n) is 3.40. The quantitative estimate of drug-likeness (QED) is 0.641. The topological polar surface area (TPSA) is 79.8 Å². The Bertz CT molecular complexity index is 403. The average molecular weight is 254 g/mol. The molecule has 100 valence electrons. The van der Waals surface area contributed by atoms with Crippen LogP contribution in [-0.4, -0.2) is 34.1 Å². The number of nitro groups is 1.